The smallest absolute Gasteiger partial charge is 0.312 e. The Labute approximate surface area is 313 Å². The molecule has 6 rings (SSSR count). The third kappa shape index (κ3) is 7.44. The number of alkyl halides is 2. The fourth-order valence-electron chi connectivity index (χ4n) is 8.21. The van der Waals surface area contributed by atoms with Crippen LogP contribution < -0.4 is 25.8 Å². The lowest BCUT2D eigenvalue weighted by Crippen LogP contribution is -2.54. The van der Waals surface area contributed by atoms with E-state index in [1.54, 1.807) is 54.2 Å². The van der Waals surface area contributed by atoms with Crippen molar-refractivity contribution in [2.24, 2.45) is 28.3 Å². The Hall–Kier alpha value is -4.30. The van der Waals surface area contributed by atoms with Crippen molar-refractivity contribution in [1.82, 2.24) is 14.8 Å². The average molecular weight is 760 g/mol. The van der Waals surface area contributed by atoms with Crippen molar-refractivity contribution < 1.29 is 42.1 Å². The molecule has 0 aromatic heterocycles. The van der Waals surface area contributed by atoms with E-state index in [9.17, 15) is 18.4 Å². The molecular weight excluding hydrogens is 712 g/mol. The number of allylic oxidation sites excluding steroid dienone is 1. The highest BCUT2D eigenvalue weighted by molar-refractivity contribution is 6.31. The Morgan fingerprint density at radius 2 is 1.85 bits per heavy atom. The van der Waals surface area contributed by atoms with Crippen LogP contribution in [0.2, 0.25) is 5.02 Å². The second-order valence-corrected chi connectivity index (χ2v) is 15.3. The first-order valence-corrected chi connectivity index (χ1v) is 18.3. The van der Waals surface area contributed by atoms with Crippen LogP contribution in [0.1, 0.15) is 74.7 Å². The monoisotopic (exact) mass is 759 g/mol. The summed E-state index contributed by atoms with van der Waals surface area (Å²) in [6.45, 7) is 1.96. The number of hydrogen-bond acceptors (Lipinski definition) is 10. The summed E-state index contributed by atoms with van der Waals surface area (Å²) in [5.41, 5.74) is 5.74. The molecule has 2 unspecified atom stereocenters. The summed E-state index contributed by atoms with van der Waals surface area (Å²) < 4.78 is 50.4. The van der Waals surface area contributed by atoms with E-state index in [4.69, 9.17) is 42.1 Å². The number of esters is 1. The van der Waals surface area contributed by atoms with E-state index in [1.807, 2.05) is 0 Å². The van der Waals surface area contributed by atoms with E-state index in [-0.39, 0.29) is 41.8 Å². The van der Waals surface area contributed by atoms with Gasteiger partial charge in [0.15, 0.2) is 0 Å². The van der Waals surface area contributed by atoms with Crippen LogP contribution in [-0.4, -0.2) is 80.0 Å². The fourth-order valence-corrected chi connectivity index (χ4v) is 8.47. The number of hydrogen-bond donors (Lipinski definition) is 2. The van der Waals surface area contributed by atoms with Gasteiger partial charge in [0.05, 0.1) is 31.2 Å². The lowest BCUT2D eigenvalue weighted by Gasteiger charge is -2.47. The van der Waals surface area contributed by atoms with Crippen LogP contribution in [0, 0.1) is 16.7 Å². The summed E-state index contributed by atoms with van der Waals surface area (Å²) in [5, 5.41) is 1.18. The van der Waals surface area contributed by atoms with E-state index in [2.05, 4.69) is 0 Å². The normalized spacial score (nSPS) is 23.8. The van der Waals surface area contributed by atoms with Gasteiger partial charge in [-0.1, -0.05) is 24.4 Å². The number of methoxy groups -OCH3 is 2. The molecule has 2 heterocycles. The lowest BCUT2D eigenvalue weighted by atomic mass is 9.66. The molecule has 4 N–H and O–H groups in total. The third-order valence-electron chi connectivity index (χ3n) is 11.4. The van der Waals surface area contributed by atoms with Crippen LogP contribution in [0.3, 0.4) is 0 Å². The number of nitrogens with two attached hydrogens (primary N) is 2. The molecule has 53 heavy (non-hydrogen) atoms. The van der Waals surface area contributed by atoms with E-state index in [0.29, 0.717) is 65.4 Å². The molecule has 3 fully saturated rings. The van der Waals surface area contributed by atoms with E-state index in [1.165, 1.54) is 14.2 Å². The molecule has 0 bridgehead atoms. The van der Waals surface area contributed by atoms with Crippen molar-refractivity contribution >= 4 is 29.4 Å². The Balaban J connectivity index is 1.33. The zero-order valence-corrected chi connectivity index (χ0v) is 31.3. The number of ether oxygens (including phenoxy) is 4. The molecule has 1 saturated heterocycles. The Bertz CT molecular complexity index is 1780. The van der Waals surface area contributed by atoms with E-state index < -0.39 is 42.2 Å². The summed E-state index contributed by atoms with van der Waals surface area (Å²) in [4.78, 5) is 46.3. The third-order valence-corrected chi connectivity index (χ3v) is 11.8. The quantitative estimate of drug-likeness (QED) is 0.166. The van der Waals surface area contributed by atoms with Gasteiger partial charge in [0.1, 0.15) is 42.3 Å². The average Bonchev–Trinajstić information content (AvgIpc) is 3.81. The predicted octanol–water partition coefficient (Wildman–Crippen LogP) is 5.31. The molecule has 288 valence electrons. The zero-order chi connectivity index (χ0) is 38.2. The molecule has 2 aromatic carbocycles. The second kappa shape index (κ2) is 15.2. The van der Waals surface area contributed by atoms with Crippen LogP contribution in [0.15, 0.2) is 41.7 Å². The number of carbonyl (C=O) groups excluding carboxylic acids is 3. The number of rotatable bonds is 12. The summed E-state index contributed by atoms with van der Waals surface area (Å²) in [6.07, 6.45) is 1.01. The summed E-state index contributed by atoms with van der Waals surface area (Å²) in [6, 6.07) is 8.48. The standard InChI is InChI=1S/C38H48ClF2N5O7/c1-37(36(49)53-19-22-8-9-23(50-3)17-29(22)51-4)13-6-5-7-25(37)35(48)45-16-12-24-26(39)10-11-28(52-20-27(42)32(33(40)41)44(2)43)31(24)34(45)46-21-38(14-15-38)18-30(46)47/h8-11,17,25,33-34H,5-7,12-16,18-21,42-43H2,1-4H3/b32-27-/t25?,34?,37-/m0/s1. The second-order valence-electron chi connectivity index (χ2n) is 14.9. The topological polar surface area (TPSA) is 150 Å². The maximum absolute atomic E-state index is 15.0. The molecule has 12 nitrogen and oxygen atoms in total. The minimum atomic E-state index is -2.94. The fraction of sp³-hybridized carbons (Fsp3) is 0.553. The van der Waals surface area contributed by atoms with E-state index >= 15 is 4.79 Å². The van der Waals surface area contributed by atoms with Crippen molar-refractivity contribution in [2.75, 3.05) is 41.0 Å². The summed E-state index contributed by atoms with van der Waals surface area (Å²) >= 11 is 6.78. The number of fused-ring (bicyclic) bond motifs is 1. The van der Waals surface area contributed by atoms with Gasteiger partial charge in [-0.05, 0) is 74.3 Å². The molecule has 0 radical (unpaired) electrons. The van der Waals surface area contributed by atoms with Gasteiger partial charge in [-0.3, -0.25) is 14.4 Å². The van der Waals surface area contributed by atoms with Crippen molar-refractivity contribution in [3.63, 3.8) is 0 Å². The van der Waals surface area contributed by atoms with E-state index in [0.717, 1.165) is 30.7 Å². The molecule has 2 saturated carbocycles. The van der Waals surface area contributed by atoms with Gasteiger partial charge >= 0.3 is 5.97 Å². The lowest BCUT2D eigenvalue weighted by molar-refractivity contribution is -0.170. The van der Waals surface area contributed by atoms with Crippen LogP contribution >= 0.6 is 11.6 Å². The number of hydrazine groups is 1. The SMILES string of the molecule is COc1ccc(COC(=O)[C@@]2(C)CCCCC2C(=O)N2CCc3c(Cl)ccc(OC/C(N)=C(\C(F)F)N(C)N)c3C2N2CC3(CC3)CC2=O)c(OC)c1. The molecule has 15 heteroatoms. The first kappa shape index (κ1) is 38.4. The largest absolute Gasteiger partial charge is 0.497 e. The first-order valence-electron chi connectivity index (χ1n) is 17.9. The first-order chi connectivity index (χ1) is 25.2. The highest BCUT2D eigenvalue weighted by atomic mass is 35.5. The molecule has 2 aliphatic heterocycles. The van der Waals surface area contributed by atoms with Crippen LogP contribution in [0.4, 0.5) is 8.78 Å². The van der Waals surface area contributed by atoms with Crippen LogP contribution in [0.5, 0.6) is 17.2 Å². The molecule has 4 aliphatic rings. The zero-order valence-electron chi connectivity index (χ0n) is 30.6. The van der Waals surface area contributed by atoms with Gasteiger partial charge in [0.25, 0.3) is 6.43 Å². The summed E-state index contributed by atoms with van der Waals surface area (Å²) in [5.74, 6) is 5.38. The van der Waals surface area contributed by atoms with Gasteiger partial charge in [-0.25, -0.2) is 14.6 Å². The van der Waals surface area contributed by atoms with Crippen molar-refractivity contribution in [3.05, 3.63) is 63.4 Å². The van der Waals surface area contributed by atoms with Gasteiger partial charge in [-0.15, -0.1) is 0 Å². The molecular formula is C38H48ClF2N5O7. The van der Waals surface area contributed by atoms with Crippen molar-refractivity contribution in [1.29, 1.82) is 0 Å². The molecule has 3 atom stereocenters. The van der Waals surface area contributed by atoms with Crippen molar-refractivity contribution in [2.45, 2.75) is 77.5 Å². The minimum Gasteiger partial charge on any atom is -0.497 e. The van der Waals surface area contributed by atoms with Crippen LogP contribution in [0.25, 0.3) is 0 Å². The molecule has 2 aliphatic carbocycles. The van der Waals surface area contributed by atoms with Gasteiger partial charge in [-0.2, -0.15) is 0 Å². The van der Waals surface area contributed by atoms with Crippen molar-refractivity contribution in [3.8, 4) is 17.2 Å². The maximum Gasteiger partial charge on any atom is 0.312 e. The maximum atomic E-state index is 15.0. The number of halogens is 3. The highest BCUT2D eigenvalue weighted by Gasteiger charge is 2.57. The van der Waals surface area contributed by atoms with Gasteiger partial charge in [0, 0.05) is 48.8 Å². The molecule has 2 aromatic rings. The van der Waals surface area contributed by atoms with Gasteiger partial charge < -0.3 is 39.5 Å². The number of amides is 2. The Morgan fingerprint density at radius 3 is 2.49 bits per heavy atom. The highest BCUT2D eigenvalue weighted by Crippen LogP contribution is 2.56. The summed E-state index contributed by atoms with van der Waals surface area (Å²) in [7, 11) is 4.33. The number of benzene rings is 2. The Morgan fingerprint density at radius 1 is 1.09 bits per heavy atom. The number of carbonyl (C=O) groups is 3. The number of likely N-dealkylation sites (tertiary alicyclic amines) is 1. The Kier molecular flexibility index (Phi) is 11.0. The van der Waals surface area contributed by atoms with Crippen LogP contribution in [-0.2, 0) is 32.1 Å². The van der Waals surface area contributed by atoms with Gasteiger partial charge in [0.2, 0.25) is 11.8 Å². The molecule has 1 spiro atoms. The predicted molar refractivity (Wildman–Crippen MR) is 192 cm³/mol. The molecule has 2 amide bonds. The number of nitrogens with zero attached hydrogens (tertiary/aromatic N) is 3. The minimum absolute atomic E-state index is 0.0590.